The standard InChI is InChI=1S/C13H18N2O2/c1-9-11(13(16)17)4-3-5-12(9)14-10-6-7-15(2)8-10/h3-5,10,14H,6-8H2,1-2H3,(H,16,17). The molecule has 1 aliphatic rings. The van der Waals surface area contributed by atoms with Crippen LogP contribution < -0.4 is 5.32 Å². The maximum atomic E-state index is 11.0. The van der Waals surface area contributed by atoms with Crippen molar-refractivity contribution in [1.29, 1.82) is 0 Å². The summed E-state index contributed by atoms with van der Waals surface area (Å²) in [4.78, 5) is 13.3. The maximum Gasteiger partial charge on any atom is 0.336 e. The summed E-state index contributed by atoms with van der Waals surface area (Å²) in [5.41, 5.74) is 2.13. The Hall–Kier alpha value is -1.55. The third kappa shape index (κ3) is 2.58. The van der Waals surface area contributed by atoms with E-state index in [1.165, 1.54) is 0 Å². The third-order valence-electron chi connectivity index (χ3n) is 3.32. The number of rotatable bonds is 3. The van der Waals surface area contributed by atoms with E-state index in [4.69, 9.17) is 5.11 Å². The van der Waals surface area contributed by atoms with Crippen LogP contribution in [0.5, 0.6) is 0 Å². The summed E-state index contributed by atoms with van der Waals surface area (Å²) < 4.78 is 0. The Morgan fingerprint density at radius 2 is 2.29 bits per heavy atom. The fourth-order valence-corrected chi connectivity index (χ4v) is 2.30. The molecule has 0 aromatic heterocycles. The molecule has 1 aromatic carbocycles. The van der Waals surface area contributed by atoms with Gasteiger partial charge in [-0.3, -0.25) is 0 Å². The van der Waals surface area contributed by atoms with Crippen molar-refractivity contribution in [3.63, 3.8) is 0 Å². The first-order valence-corrected chi connectivity index (χ1v) is 5.86. The van der Waals surface area contributed by atoms with Crippen LogP contribution in [0.3, 0.4) is 0 Å². The number of benzene rings is 1. The summed E-state index contributed by atoms with van der Waals surface area (Å²) in [5, 5.41) is 12.5. The van der Waals surface area contributed by atoms with E-state index >= 15 is 0 Å². The highest BCUT2D eigenvalue weighted by molar-refractivity contribution is 5.91. The first-order chi connectivity index (χ1) is 8.08. The van der Waals surface area contributed by atoms with Gasteiger partial charge in [-0.2, -0.15) is 0 Å². The molecule has 1 atom stereocenters. The molecule has 0 bridgehead atoms. The SMILES string of the molecule is Cc1c(NC2CCN(C)C2)cccc1C(=O)O. The number of likely N-dealkylation sites (N-methyl/N-ethyl adjacent to an activating group) is 1. The lowest BCUT2D eigenvalue weighted by Crippen LogP contribution is -2.24. The number of nitrogens with one attached hydrogen (secondary N) is 1. The van der Waals surface area contributed by atoms with E-state index in [9.17, 15) is 4.79 Å². The molecule has 1 fully saturated rings. The van der Waals surface area contributed by atoms with Crippen LogP contribution in [0.15, 0.2) is 18.2 Å². The Morgan fingerprint density at radius 3 is 2.88 bits per heavy atom. The van der Waals surface area contributed by atoms with Gasteiger partial charge in [0.25, 0.3) is 0 Å². The molecule has 1 heterocycles. The Bertz CT molecular complexity index is 431. The van der Waals surface area contributed by atoms with E-state index in [0.29, 0.717) is 11.6 Å². The van der Waals surface area contributed by atoms with Gasteiger partial charge in [0, 0.05) is 18.3 Å². The van der Waals surface area contributed by atoms with Gasteiger partial charge in [-0.1, -0.05) is 6.07 Å². The molecule has 0 saturated carbocycles. The lowest BCUT2D eigenvalue weighted by Gasteiger charge is -2.17. The van der Waals surface area contributed by atoms with Gasteiger partial charge in [-0.15, -0.1) is 0 Å². The van der Waals surface area contributed by atoms with Crippen LogP contribution in [-0.2, 0) is 0 Å². The predicted octanol–water partition coefficient (Wildman–Crippen LogP) is 1.81. The molecule has 1 saturated heterocycles. The molecule has 0 radical (unpaired) electrons. The first kappa shape index (κ1) is 11.9. The van der Waals surface area contributed by atoms with Crippen LogP contribution in [0.4, 0.5) is 5.69 Å². The molecule has 2 N–H and O–H groups in total. The number of anilines is 1. The van der Waals surface area contributed by atoms with Gasteiger partial charge < -0.3 is 15.3 Å². The second kappa shape index (κ2) is 4.75. The lowest BCUT2D eigenvalue weighted by molar-refractivity contribution is 0.0696. The lowest BCUT2D eigenvalue weighted by atomic mass is 10.1. The van der Waals surface area contributed by atoms with Crippen molar-refractivity contribution in [1.82, 2.24) is 4.90 Å². The summed E-state index contributed by atoms with van der Waals surface area (Å²) >= 11 is 0. The normalized spacial score (nSPS) is 20.5. The zero-order valence-corrected chi connectivity index (χ0v) is 10.2. The number of carboxylic acid groups (broad SMARTS) is 1. The van der Waals surface area contributed by atoms with Crippen molar-refractivity contribution in [3.8, 4) is 0 Å². The van der Waals surface area contributed by atoms with Crippen LogP contribution in [-0.4, -0.2) is 42.2 Å². The molecule has 92 valence electrons. The summed E-state index contributed by atoms with van der Waals surface area (Å²) in [5.74, 6) is -0.866. The van der Waals surface area contributed by atoms with E-state index in [2.05, 4.69) is 17.3 Å². The Balaban J connectivity index is 2.16. The van der Waals surface area contributed by atoms with Crippen LogP contribution in [0.2, 0.25) is 0 Å². The average Bonchev–Trinajstić information content (AvgIpc) is 2.67. The molecule has 0 spiro atoms. The highest BCUT2D eigenvalue weighted by atomic mass is 16.4. The number of carboxylic acids is 1. The van der Waals surface area contributed by atoms with E-state index in [-0.39, 0.29) is 0 Å². The zero-order chi connectivity index (χ0) is 12.4. The molecular formula is C13H18N2O2. The van der Waals surface area contributed by atoms with Gasteiger partial charge in [0.1, 0.15) is 0 Å². The van der Waals surface area contributed by atoms with Gasteiger partial charge in [-0.25, -0.2) is 4.79 Å². The molecule has 0 aliphatic carbocycles. The van der Waals surface area contributed by atoms with E-state index < -0.39 is 5.97 Å². The van der Waals surface area contributed by atoms with Crippen molar-refractivity contribution in [2.45, 2.75) is 19.4 Å². The molecule has 1 aliphatic heterocycles. The molecule has 1 unspecified atom stereocenters. The second-order valence-electron chi connectivity index (χ2n) is 4.68. The molecule has 17 heavy (non-hydrogen) atoms. The van der Waals surface area contributed by atoms with E-state index in [1.54, 1.807) is 12.1 Å². The number of likely N-dealkylation sites (tertiary alicyclic amines) is 1. The largest absolute Gasteiger partial charge is 0.478 e. The molecular weight excluding hydrogens is 216 g/mol. The quantitative estimate of drug-likeness (QED) is 0.837. The van der Waals surface area contributed by atoms with Crippen LogP contribution in [0.1, 0.15) is 22.3 Å². The fourth-order valence-electron chi connectivity index (χ4n) is 2.30. The number of hydrogen-bond donors (Lipinski definition) is 2. The van der Waals surface area contributed by atoms with Crippen LogP contribution >= 0.6 is 0 Å². The predicted molar refractivity (Wildman–Crippen MR) is 67.7 cm³/mol. The van der Waals surface area contributed by atoms with E-state index in [1.807, 2.05) is 13.0 Å². The van der Waals surface area contributed by atoms with Crippen molar-refractivity contribution in [2.75, 3.05) is 25.5 Å². The second-order valence-corrected chi connectivity index (χ2v) is 4.68. The van der Waals surface area contributed by atoms with Crippen molar-refractivity contribution >= 4 is 11.7 Å². The van der Waals surface area contributed by atoms with Crippen LogP contribution in [0.25, 0.3) is 0 Å². The van der Waals surface area contributed by atoms with Gasteiger partial charge in [0.05, 0.1) is 5.56 Å². The summed E-state index contributed by atoms with van der Waals surface area (Å²) in [6, 6.07) is 5.80. The van der Waals surface area contributed by atoms with E-state index in [0.717, 1.165) is 30.8 Å². The highest BCUT2D eigenvalue weighted by Crippen LogP contribution is 2.21. The van der Waals surface area contributed by atoms with Crippen molar-refractivity contribution in [2.24, 2.45) is 0 Å². The van der Waals surface area contributed by atoms with Crippen molar-refractivity contribution < 1.29 is 9.90 Å². The number of nitrogens with zero attached hydrogens (tertiary/aromatic N) is 1. The Labute approximate surface area is 101 Å². The highest BCUT2D eigenvalue weighted by Gasteiger charge is 2.20. The van der Waals surface area contributed by atoms with Gasteiger partial charge in [0.2, 0.25) is 0 Å². The monoisotopic (exact) mass is 234 g/mol. The minimum atomic E-state index is -0.866. The number of carbonyl (C=O) groups is 1. The molecule has 1 aromatic rings. The summed E-state index contributed by atoms with van der Waals surface area (Å²) in [6.45, 7) is 3.95. The first-order valence-electron chi connectivity index (χ1n) is 5.86. The Morgan fingerprint density at radius 1 is 1.53 bits per heavy atom. The minimum absolute atomic E-state index is 0.376. The molecule has 4 heteroatoms. The van der Waals surface area contributed by atoms with Crippen molar-refractivity contribution in [3.05, 3.63) is 29.3 Å². The molecule has 4 nitrogen and oxygen atoms in total. The molecule has 0 amide bonds. The average molecular weight is 234 g/mol. The topological polar surface area (TPSA) is 52.6 Å². The number of aromatic carboxylic acids is 1. The third-order valence-corrected chi connectivity index (χ3v) is 3.32. The molecule has 2 rings (SSSR count). The maximum absolute atomic E-state index is 11.0. The zero-order valence-electron chi connectivity index (χ0n) is 10.2. The van der Waals surface area contributed by atoms with Gasteiger partial charge >= 0.3 is 5.97 Å². The Kier molecular flexibility index (Phi) is 3.33. The van der Waals surface area contributed by atoms with Crippen LogP contribution in [0, 0.1) is 6.92 Å². The summed E-state index contributed by atoms with van der Waals surface area (Å²) in [7, 11) is 2.10. The minimum Gasteiger partial charge on any atom is -0.478 e. The fraction of sp³-hybridized carbons (Fsp3) is 0.462. The summed E-state index contributed by atoms with van der Waals surface area (Å²) in [6.07, 6.45) is 1.10. The number of hydrogen-bond acceptors (Lipinski definition) is 3. The van der Waals surface area contributed by atoms with Gasteiger partial charge in [-0.05, 0) is 44.6 Å². The van der Waals surface area contributed by atoms with Gasteiger partial charge in [0.15, 0.2) is 0 Å². The smallest absolute Gasteiger partial charge is 0.336 e.